The second-order valence-electron chi connectivity index (χ2n) is 5.04. The molecule has 0 N–H and O–H groups in total. The number of aryl methyl sites for hydroxylation is 1. The van der Waals surface area contributed by atoms with E-state index in [-0.39, 0.29) is 0 Å². The molecule has 0 spiro atoms. The molecule has 0 saturated carbocycles. The number of ether oxygens (including phenoxy) is 1. The quantitative estimate of drug-likeness (QED) is 0.752. The molecule has 0 radical (unpaired) electrons. The van der Waals surface area contributed by atoms with Crippen molar-refractivity contribution in [3.05, 3.63) is 10.6 Å². The highest BCUT2D eigenvalue weighted by atomic mass is 32.1. The molecule has 2 heterocycles. The number of rotatable bonds is 6. The Kier molecular flexibility index (Phi) is 5.34. The zero-order valence-electron chi connectivity index (χ0n) is 11.7. The zero-order chi connectivity index (χ0) is 13.7. The minimum absolute atomic E-state index is 0.303. The van der Waals surface area contributed by atoms with E-state index in [1.807, 2.05) is 7.05 Å². The van der Waals surface area contributed by atoms with Gasteiger partial charge < -0.3 is 9.64 Å². The fourth-order valence-electron chi connectivity index (χ4n) is 2.36. The molecule has 19 heavy (non-hydrogen) atoms. The third-order valence-electron chi connectivity index (χ3n) is 3.39. The van der Waals surface area contributed by atoms with Gasteiger partial charge in [-0.15, -0.1) is 0 Å². The lowest BCUT2D eigenvalue weighted by Gasteiger charge is -2.27. The maximum absolute atomic E-state index is 11.1. The summed E-state index contributed by atoms with van der Waals surface area (Å²) in [6.45, 7) is 3.83. The van der Waals surface area contributed by atoms with Crippen molar-refractivity contribution < 1.29 is 9.53 Å². The first-order chi connectivity index (χ1) is 9.24. The number of hydrogen-bond donors (Lipinski definition) is 0. The largest absolute Gasteiger partial charge is 0.376 e. The minimum atomic E-state index is 0.303. The molecule has 0 amide bonds. The van der Waals surface area contributed by atoms with E-state index in [1.165, 1.54) is 24.2 Å². The van der Waals surface area contributed by atoms with Gasteiger partial charge in [-0.3, -0.25) is 4.79 Å². The lowest BCUT2D eigenvalue weighted by molar-refractivity contribution is 0.0216. The molecule has 1 fully saturated rings. The minimum Gasteiger partial charge on any atom is -0.376 e. The highest BCUT2D eigenvalue weighted by Crippen LogP contribution is 2.26. The Bertz CT molecular complexity index is 414. The third-order valence-corrected chi connectivity index (χ3v) is 4.53. The van der Waals surface area contributed by atoms with E-state index < -0.39 is 0 Å². The lowest BCUT2D eigenvalue weighted by atomic mass is 10.1. The molecular weight excluding hydrogens is 260 g/mol. The van der Waals surface area contributed by atoms with Crippen LogP contribution in [0.15, 0.2) is 0 Å². The van der Waals surface area contributed by atoms with E-state index in [0.717, 1.165) is 54.4 Å². The smallest absolute Gasteiger partial charge is 0.186 e. The van der Waals surface area contributed by atoms with Gasteiger partial charge >= 0.3 is 0 Å². The van der Waals surface area contributed by atoms with Gasteiger partial charge in [-0.2, -0.15) is 0 Å². The highest BCUT2D eigenvalue weighted by Gasteiger charge is 2.19. The maximum Gasteiger partial charge on any atom is 0.186 e. The molecule has 0 aliphatic carbocycles. The summed E-state index contributed by atoms with van der Waals surface area (Å²) in [6, 6.07) is 0. The molecular formula is C14H22N2O2S. The van der Waals surface area contributed by atoms with Crippen molar-refractivity contribution in [2.45, 2.75) is 45.1 Å². The number of carbonyl (C=O) groups is 1. The van der Waals surface area contributed by atoms with Crippen molar-refractivity contribution in [3.63, 3.8) is 0 Å². The van der Waals surface area contributed by atoms with Gasteiger partial charge in [0.05, 0.1) is 16.7 Å². The summed E-state index contributed by atoms with van der Waals surface area (Å²) in [7, 11) is 2.03. The van der Waals surface area contributed by atoms with Crippen LogP contribution < -0.4 is 4.90 Å². The van der Waals surface area contributed by atoms with Gasteiger partial charge in [0.25, 0.3) is 0 Å². The van der Waals surface area contributed by atoms with Gasteiger partial charge in [-0.1, -0.05) is 24.7 Å². The first-order valence-electron chi connectivity index (χ1n) is 7.02. The molecule has 1 aliphatic heterocycles. The summed E-state index contributed by atoms with van der Waals surface area (Å²) in [4.78, 5) is 18.5. The monoisotopic (exact) mass is 282 g/mol. The standard InChI is InChI=1S/C14H22N2O2S/c1-3-6-12-13(10-17)19-14(15-12)16(2)9-11-7-4-5-8-18-11/h10-11H,3-9H2,1-2H3. The van der Waals surface area contributed by atoms with Crippen LogP contribution in [0.4, 0.5) is 5.13 Å². The van der Waals surface area contributed by atoms with Crippen molar-refractivity contribution >= 4 is 22.8 Å². The van der Waals surface area contributed by atoms with Crippen LogP contribution in [0.25, 0.3) is 0 Å². The van der Waals surface area contributed by atoms with Crippen LogP contribution in [0, 0.1) is 0 Å². The Morgan fingerprint density at radius 3 is 3.00 bits per heavy atom. The molecule has 106 valence electrons. The van der Waals surface area contributed by atoms with Gasteiger partial charge in [0.15, 0.2) is 11.4 Å². The summed E-state index contributed by atoms with van der Waals surface area (Å²) in [5.41, 5.74) is 0.939. The lowest BCUT2D eigenvalue weighted by Crippen LogP contribution is -2.33. The van der Waals surface area contributed by atoms with E-state index in [1.54, 1.807) is 0 Å². The predicted octanol–water partition coefficient (Wildman–Crippen LogP) is 2.91. The van der Waals surface area contributed by atoms with E-state index >= 15 is 0 Å². The summed E-state index contributed by atoms with van der Waals surface area (Å²) in [5.74, 6) is 0. The van der Waals surface area contributed by atoms with E-state index in [9.17, 15) is 4.79 Å². The number of anilines is 1. The second kappa shape index (κ2) is 7.01. The van der Waals surface area contributed by atoms with Crippen LogP contribution in [0.3, 0.4) is 0 Å². The molecule has 1 aromatic rings. The average molecular weight is 282 g/mol. The summed E-state index contributed by atoms with van der Waals surface area (Å²) < 4.78 is 5.75. The second-order valence-corrected chi connectivity index (χ2v) is 6.05. The zero-order valence-corrected chi connectivity index (χ0v) is 12.5. The van der Waals surface area contributed by atoms with Crippen LogP contribution in [0.5, 0.6) is 0 Å². The first kappa shape index (κ1) is 14.5. The van der Waals surface area contributed by atoms with Crippen molar-refractivity contribution in [2.24, 2.45) is 0 Å². The average Bonchev–Trinajstić information content (AvgIpc) is 2.83. The van der Waals surface area contributed by atoms with Crippen molar-refractivity contribution in [2.75, 3.05) is 25.1 Å². The Morgan fingerprint density at radius 1 is 1.53 bits per heavy atom. The van der Waals surface area contributed by atoms with Crippen LogP contribution in [0.1, 0.15) is 48.0 Å². The Morgan fingerprint density at radius 2 is 2.37 bits per heavy atom. The van der Waals surface area contributed by atoms with Crippen LogP contribution in [0.2, 0.25) is 0 Å². The van der Waals surface area contributed by atoms with Gasteiger partial charge in [0, 0.05) is 20.2 Å². The number of aldehydes is 1. The molecule has 2 rings (SSSR count). The van der Waals surface area contributed by atoms with E-state index in [2.05, 4.69) is 16.8 Å². The Hall–Kier alpha value is -0.940. The van der Waals surface area contributed by atoms with Crippen molar-refractivity contribution in [1.29, 1.82) is 0 Å². The molecule has 4 nitrogen and oxygen atoms in total. The Labute approximate surface area is 118 Å². The molecule has 1 aliphatic rings. The maximum atomic E-state index is 11.1. The third kappa shape index (κ3) is 3.76. The molecule has 1 atom stereocenters. The van der Waals surface area contributed by atoms with Crippen LogP contribution in [-0.4, -0.2) is 37.6 Å². The predicted molar refractivity (Wildman–Crippen MR) is 78.4 cm³/mol. The highest BCUT2D eigenvalue weighted by molar-refractivity contribution is 7.17. The van der Waals surface area contributed by atoms with Gasteiger partial charge in [0.2, 0.25) is 0 Å². The molecule has 5 heteroatoms. The van der Waals surface area contributed by atoms with Crippen molar-refractivity contribution in [3.8, 4) is 0 Å². The summed E-state index contributed by atoms with van der Waals surface area (Å²) >= 11 is 1.49. The molecule has 1 aromatic heterocycles. The normalized spacial score (nSPS) is 19.4. The SMILES string of the molecule is CCCc1nc(N(C)CC2CCCCO2)sc1C=O. The topological polar surface area (TPSA) is 42.4 Å². The molecule has 0 aromatic carbocycles. The molecule has 0 bridgehead atoms. The van der Waals surface area contributed by atoms with Gasteiger partial charge in [-0.05, 0) is 25.7 Å². The van der Waals surface area contributed by atoms with E-state index in [0.29, 0.717) is 6.10 Å². The van der Waals surface area contributed by atoms with Crippen LogP contribution >= 0.6 is 11.3 Å². The summed E-state index contributed by atoms with van der Waals surface area (Å²) in [5, 5.41) is 0.930. The number of aromatic nitrogens is 1. The first-order valence-corrected chi connectivity index (χ1v) is 7.83. The van der Waals surface area contributed by atoms with Crippen molar-refractivity contribution in [1.82, 2.24) is 4.98 Å². The Balaban J connectivity index is 2.01. The van der Waals surface area contributed by atoms with Gasteiger partial charge in [-0.25, -0.2) is 4.98 Å². The number of likely N-dealkylation sites (N-methyl/N-ethyl adjacent to an activating group) is 1. The number of hydrogen-bond acceptors (Lipinski definition) is 5. The fraction of sp³-hybridized carbons (Fsp3) is 0.714. The number of thiazole rings is 1. The fourth-order valence-corrected chi connectivity index (χ4v) is 3.25. The van der Waals surface area contributed by atoms with E-state index in [4.69, 9.17) is 4.74 Å². The van der Waals surface area contributed by atoms with Crippen LogP contribution in [-0.2, 0) is 11.2 Å². The number of nitrogens with zero attached hydrogens (tertiary/aromatic N) is 2. The molecule has 1 unspecified atom stereocenters. The molecule has 1 saturated heterocycles. The number of carbonyl (C=O) groups excluding carboxylic acids is 1. The summed E-state index contributed by atoms with van der Waals surface area (Å²) in [6.07, 6.45) is 6.66. The van der Waals surface area contributed by atoms with Gasteiger partial charge in [0.1, 0.15) is 0 Å².